The number of ether oxygens (including phenoxy) is 1. The molecule has 0 saturated carbocycles. The lowest BCUT2D eigenvalue weighted by Gasteiger charge is -2.06. The van der Waals surface area contributed by atoms with E-state index in [4.69, 9.17) is 4.74 Å². The summed E-state index contributed by atoms with van der Waals surface area (Å²) in [7, 11) is 1.60. The Hall–Kier alpha value is -0.980. The van der Waals surface area contributed by atoms with E-state index in [1.54, 1.807) is 19.5 Å². The van der Waals surface area contributed by atoms with E-state index in [1.165, 1.54) is 0 Å². The summed E-state index contributed by atoms with van der Waals surface area (Å²) in [5, 5.41) is 5.77. The summed E-state index contributed by atoms with van der Waals surface area (Å²) in [6, 6.07) is 1.96. The SMILES string of the molecule is COCCNC(=O)CNCc1cncc(Br)c1. The number of halogens is 1. The quantitative estimate of drug-likeness (QED) is 0.728. The molecule has 0 spiro atoms. The highest BCUT2D eigenvalue weighted by molar-refractivity contribution is 9.10. The Morgan fingerprint density at radius 1 is 1.53 bits per heavy atom. The lowest BCUT2D eigenvalue weighted by atomic mass is 10.3. The van der Waals surface area contributed by atoms with Crippen molar-refractivity contribution in [3.8, 4) is 0 Å². The minimum atomic E-state index is -0.0370. The third kappa shape index (κ3) is 6.35. The summed E-state index contributed by atoms with van der Waals surface area (Å²) in [5.41, 5.74) is 1.03. The van der Waals surface area contributed by atoms with E-state index in [0.717, 1.165) is 10.0 Å². The number of amides is 1. The lowest BCUT2D eigenvalue weighted by Crippen LogP contribution is -2.35. The van der Waals surface area contributed by atoms with Gasteiger partial charge in [0.05, 0.1) is 13.2 Å². The van der Waals surface area contributed by atoms with Gasteiger partial charge in [0.1, 0.15) is 0 Å². The van der Waals surface area contributed by atoms with Crippen LogP contribution in [-0.4, -0.2) is 37.7 Å². The summed E-state index contributed by atoms with van der Waals surface area (Å²) in [5.74, 6) is -0.0370. The highest BCUT2D eigenvalue weighted by Crippen LogP contribution is 2.08. The molecular weight excluding hydrogens is 286 g/mol. The zero-order valence-electron chi connectivity index (χ0n) is 9.70. The molecule has 1 aromatic rings. The van der Waals surface area contributed by atoms with Crippen LogP contribution in [-0.2, 0) is 16.1 Å². The van der Waals surface area contributed by atoms with Crippen molar-refractivity contribution in [2.75, 3.05) is 26.8 Å². The van der Waals surface area contributed by atoms with Gasteiger partial charge in [-0.05, 0) is 27.6 Å². The normalized spacial score (nSPS) is 10.2. The van der Waals surface area contributed by atoms with Crippen LogP contribution in [0.2, 0.25) is 0 Å². The molecule has 0 aromatic carbocycles. The first kappa shape index (κ1) is 14.1. The van der Waals surface area contributed by atoms with Crippen LogP contribution in [0.4, 0.5) is 0 Å². The standard InChI is InChI=1S/C11H16BrN3O2/c1-17-3-2-15-11(16)8-14-6-9-4-10(12)7-13-5-9/h4-5,7,14H,2-3,6,8H2,1H3,(H,15,16). The Balaban J connectivity index is 2.17. The number of hydrogen-bond donors (Lipinski definition) is 2. The summed E-state index contributed by atoms with van der Waals surface area (Å²) in [4.78, 5) is 15.4. The molecule has 0 aliphatic rings. The lowest BCUT2D eigenvalue weighted by molar-refractivity contribution is -0.120. The van der Waals surface area contributed by atoms with E-state index in [-0.39, 0.29) is 12.5 Å². The summed E-state index contributed by atoms with van der Waals surface area (Å²) in [6.07, 6.45) is 3.49. The van der Waals surface area contributed by atoms with Crippen molar-refractivity contribution in [1.82, 2.24) is 15.6 Å². The molecule has 0 atom stereocenters. The average molecular weight is 302 g/mol. The molecule has 0 bridgehead atoms. The first-order valence-corrected chi connectivity index (χ1v) is 6.07. The summed E-state index contributed by atoms with van der Waals surface area (Å²) in [6.45, 7) is 1.97. The third-order valence-corrected chi connectivity index (χ3v) is 2.44. The summed E-state index contributed by atoms with van der Waals surface area (Å²) >= 11 is 3.34. The molecule has 94 valence electrons. The maximum Gasteiger partial charge on any atom is 0.234 e. The second kappa shape index (κ2) is 8.16. The fraction of sp³-hybridized carbons (Fsp3) is 0.455. The van der Waals surface area contributed by atoms with E-state index in [1.807, 2.05) is 6.07 Å². The fourth-order valence-corrected chi connectivity index (χ4v) is 1.64. The van der Waals surface area contributed by atoms with Crippen LogP contribution >= 0.6 is 15.9 Å². The number of hydrogen-bond acceptors (Lipinski definition) is 4. The second-order valence-corrected chi connectivity index (χ2v) is 4.37. The maximum atomic E-state index is 11.3. The van der Waals surface area contributed by atoms with Crippen LogP contribution in [0.5, 0.6) is 0 Å². The topological polar surface area (TPSA) is 63.2 Å². The van der Waals surface area contributed by atoms with Crippen LogP contribution in [0.15, 0.2) is 22.9 Å². The summed E-state index contributed by atoms with van der Waals surface area (Å²) < 4.78 is 5.76. The minimum Gasteiger partial charge on any atom is -0.383 e. The Labute approximate surface area is 109 Å². The van der Waals surface area contributed by atoms with Gasteiger partial charge in [-0.25, -0.2) is 0 Å². The predicted molar refractivity (Wildman–Crippen MR) is 68.5 cm³/mol. The molecule has 6 heteroatoms. The van der Waals surface area contributed by atoms with Gasteiger partial charge in [-0.3, -0.25) is 9.78 Å². The van der Waals surface area contributed by atoms with E-state index in [2.05, 4.69) is 31.5 Å². The molecule has 17 heavy (non-hydrogen) atoms. The zero-order valence-corrected chi connectivity index (χ0v) is 11.3. The van der Waals surface area contributed by atoms with E-state index in [9.17, 15) is 4.79 Å². The van der Waals surface area contributed by atoms with Crippen molar-refractivity contribution < 1.29 is 9.53 Å². The van der Waals surface area contributed by atoms with Gasteiger partial charge in [-0.1, -0.05) is 0 Å². The number of aromatic nitrogens is 1. The number of nitrogens with one attached hydrogen (secondary N) is 2. The maximum absolute atomic E-state index is 11.3. The highest BCUT2D eigenvalue weighted by Gasteiger charge is 2.00. The molecule has 1 amide bonds. The van der Waals surface area contributed by atoms with Gasteiger partial charge >= 0.3 is 0 Å². The number of carbonyl (C=O) groups is 1. The minimum absolute atomic E-state index is 0.0370. The van der Waals surface area contributed by atoms with Crippen molar-refractivity contribution in [1.29, 1.82) is 0 Å². The molecule has 0 saturated heterocycles. The van der Waals surface area contributed by atoms with Gasteiger partial charge in [0.2, 0.25) is 5.91 Å². The van der Waals surface area contributed by atoms with Crippen LogP contribution in [0.1, 0.15) is 5.56 Å². The van der Waals surface area contributed by atoms with Crippen LogP contribution in [0.3, 0.4) is 0 Å². The largest absolute Gasteiger partial charge is 0.383 e. The number of rotatable bonds is 7. The van der Waals surface area contributed by atoms with Gasteiger partial charge < -0.3 is 15.4 Å². The molecule has 1 aromatic heterocycles. The van der Waals surface area contributed by atoms with Gasteiger partial charge in [0.15, 0.2) is 0 Å². The number of methoxy groups -OCH3 is 1. The van der Waals surface area contributed by atoms with Gasteiger partial charge in [-0.15, -0.1) is 0 Å². The van der Waals surface area contributed by atoms with E-state index in [0.29, 0.717) is 19.7 Å². The smallest absolute Gasteiger partial charge is 0.234 e. The Kier molecular flexibility index (Phi) is 6.76. The molecule has 1 rings (SSSR count). The molecule has 5 nitrogen and oxygen atoms in total. The second-order valence-electron chi connectivity index (χ2n) is 3.46. The third-order valence-electron chi connectivity index (χ3n) is 2.00. The van der Waals surface area contributed by atoms with Gasteiger partial charge in [-0.2, -0.15) is 0 Å². The monoisotopic (exact) mass is 301 g/mol. The molecular formula is C11H16BrN3O2. The van der Waals surface area contributed by atoms with Crippen LogP contribution < -0.4 is 10.6 Å². The van der Waals surface area contributed by atoms with Crippen molar-refractivity contribution in [3.63, 3.8) is 0 Å². The molecule has 0 aliphatic carbocycles. The average Bonchev–Trinajstić information content (AvgIpc) is 2.29. The first-order chi connectivity index (χ1) is 8.22. The number of nitrogens with zero attached hydrogens (tertiary/aromatic N) is 1. The molecule has 0 fully saturated rings. The number of carbonyl (C=O) groups excluding carboxylic acids is 1. The van der Waals surface area contributed by atoms with Crippen molar-refractivity contribution >= 4 is 21.8 Å². The molecule has 0 radical (unpaired) electrons. The van der Waals surface area contributed by atoms with Crippen molar-refractivity contribution in [2.45, 2.75) is 6.54 Å². The van der Waals surface area contributed by atoms with Gasteiger partial charge in [0, 0.05) is 37.1 Å². The molecule has 0 unspecified atom stereocenters. The Morgan fingerprint density at radius 3 is 3.06 bits per heavy atom. The Bertz CT molecular complexity index is 360. The molecule has 0 aliphatic heterocycles. The highest BCUT2D eigenvalue weighted by atomic mass is 79.9. The zero-order chi connectivity index (χ0) is 12.5. The number of pyridine rings is 1. The predicted octanol–water partition coefficient (Wildman–Crippen LogP) is 0.696. The fourth-order valence-electron chi connectivity index (χ4n) is 1.23. The first-order valence-electron chi connectivity index (χ1n) is 5.28. The van der Waals surface area contributed by atoms with Crippen LogP contribution in [0, 0.1) is 0 Å². The Morgan fingerprint density at radius 2 is 2.35 bits per heavy atom. The molecule has 1 heterocycles. The molecule has 2 N–H and O–H groups in total. The van der Waals surface area contributed by atoms with Gasteiger partial charge in [0.25, 0.3) is 0 Å². The van der Waals surface area contributed by atoms with Crippen molar-refractivity contribution in [2.24, 2.45) is 0 Å². The van der Waals surface area contributed by atoms with Crippen molar-refractivity contribution in [3.05, 3.63) is 28.5 Å². The van der Waals surface area contributed by atoms with E-state index >= 15 is 0 Å². The van der Waals surface area contributed by atoms with Crippen LogP contribution in [0.25, 0.3) is 0 Å². The van der Waals surface area contributed by atoms with E-state index < -0.39 is 0 Å².